The Balaban J connectivity index is 1.09. The molecular weight excluding hydrogens is 673 g/mol. The van der Waals surface area contributed by atoms with E-state index in [1.807, 2.05) is 37.4 Å². The molecule has 4 aromatic heterocycles. The molecule has 272 valence electrons. The van der Waals surface area contributed by atoms with Gasteiger partial charge in [-0.3, -0.25) is 24.0 Å². The van der Waals surface area contributed by atoms with Crippen LogP contribution >= 0.6 is 0 Å². The van der Waals surface area contributed by atoms with E-state index in [1.54, 1.807) is 41.7 Å². The minimum absolute atomic E-state index is 0.00376. The number of carbonyl (C=O) groups is 2. The molecule has 2 unspecified atom stereocenters. The number of carbonyl (C=O) groups excluding carboxylic acids is 2. The first-order chi connectivity index (χ1) is 25.4. The molecule has 0 spiro atoms. The number of amides is 2. The molecule has 15 nitrogen and oxygen atoms in total. The fourth-order valence-electron chi connectivity index (χ4n) is 7.61. The van der Waals surface area contributed by atoms with Crippen LogP contribution in [0.4, 0.5) is 23.0 Å². The summed E-state index contributed by atoms with van der Waals surface area (Å²) >= 11 is 0. The van der Waals surface area contributed by atoms with Crippen LogP contribution in [0.15, 0.2) is 54.7 Å². The zero-order valence-electron chi connectivity index (χ0n) is 30.7. The van der Waals surface area contributed by atoms with Crippen molar-refractivity contribution in [1.29, 1.82) is 0 Å². The molecule has 2 amide bonds. The molecule has 2 aliphatic heterocycles. The van der Waals surface area contributed by atoms with Gasteiger partial charge in [0, 0.05) is 80.3 Å². The zero-order valence-corrected chi connectivity index (χ0v) is 30.7. The minimum Gasteiger partial charge on any atom is -0.374 e. The number of aliphatic hydroxyl groups is 1. The molecule has 2 atom stereocenters. The Labute approximate surface area is 308 Å². The number of hydrogen-bond acceptors (Lipinski definition) is 10. The van der Waals surface area contributed by atoms with E-state index < -0.39 is 5.62 Å². The number of hydrogen-bond donors (Lipinski definition) is 3. The van der Waals surface area contributed by atoms with Crippen LogP contribution in [0, 0.1) is 12.8 Å². The topological polar surface area (TPSA) is 149 Å². The lowest BCUT2D eigenvalue weighted by Crippen LogP contribution is -2.65. The van der Waals surface area contributed by atoms with Gasteiger partial charge in [0.15, 0.2) is 19.1 Å². The van der Waals surface area contributed by atoms with Gasteiger partial charge in [0.2, 0.25) is 5.91 Å². The van der Waals surface area contributed by atoms with E-state index in [4.69, 9.17) is 17.8 Å². The maximum Gasteiger partial charge on any atom is 0.323 e. The van der Waals surface area contributed by atoms with Crippen LogP contribution in [0.2, 0.25) is 0 Å². The highest BCUT2D eigenvalue weighted by Crippen LogP contribution is 2.50. The highest BCUT2D eigenvalue weighted by molar-refractivity contribution is 6.13. The van der Waals surface area contributed by atoms with Crippen molar-refractivity contribution in [3.05, 3.63) is 77.5 Å². The van der Waals surface area contributed by atoms with Gasteiger partial charge < -0.3 is 25.5 Å². The average molecular weight is 717 g/mol. The molecule has 0 bridgehead atoms. The van der Waals surface area contributed by atoms with E-state index in [0.717, 1.165) is 53.2 Å². The standard InChI is InChI=1S/C37H42BN11O4/c1-7-27-34-25(18-39-47(34)23-19-46(20-23)37(38,52)29-13-9-12-28(49(29)53-6)36(51)44(3)4)24-10-8-11-26(33(24)45(27)5)40-32-17-30(42-35(50)22-14-15-22)41-31-16-21(2)43-48(31)32/h8-13,16-18,22-23,27,52H,7,14-15,19-20H2,1-6H3,(H-,40,41,42,43,50)/p+1. The summed E-state index contributed by atoms with van der Waals surface area (Å²) in [4.78, 5) is 41.2. The van der Waals surface area contributed by atoms with Crippen molar-refractivity contribution in [1.82, 2.24) is 34.2 Å². The molecule has 8 rings (SSSR count). The van der Waals surface area contributed by atoms with Crippen LogP contribution in [0.5, 0.6) is 0 Å². The molecule has 1 aromatic carbocycles. The first-order valence-electron chi connectivity index (χ1n) is 17.9. The Morgan fingerprint density at radius 2 is 1.89 bits per heavy atom. The van der Waals surface area contributed by atoms with Gasteiger partial charge >= 0.3 is 11.6 Å². The summed E-state index contributed by atoms with van der Waals surface area (Å²) in [7, 11) is 13.4. The van der Waals surface area contributed by atoms with E-state index in [2.05, 4.69) is 50.3 Å². The molecule has 5 aromatic rings. The Morgan fingerprint density at radius 3 is 2.58 bits per heavy atom. The Kier molecular flexibility index (Phi) is 8.41. The molecule has 2 radical (unpaired) electrons. The lowest BCUT2D eigenvalue weighted by atomic mass is 9.82. The van der Waals surface area contributed by atoms with Gasteiger partial charge in [-0.05, 0) is 38.3 Å². The largest absolute Gasteiger partial charge is 0.374 e. The van der Waals surface area contributed by atoms with Crippen molar-refractivity contribution in [3.63, 3.8) is 0 Å². The van der Waals surface area contributed by atoms with Crippen molar-refractivity contribution < 1.29 is 24.3 Å². The number of anilines is 4. The number of aromatic nitrogens is 6. The predicted octanol–water partition coefficient (Wildman–Crippen LogP) is 2.77. The van der Waals surface area contributed by atoms with E-state index in [-0.39, 0.29) is 41.2 Å². The van der Waals surface area contributed by atoms with Crippen LogP contribution in [-0.4, -0.2) is 100 Å². The SMILES string of the molecule is [B]C(O)(c1cccc(C(=O)N(C)C)[n+]1OC)N1CC(n2ncc3c2C(CC)N(C)c2c(Nc4cc(NC(=O)C5CC5)nc5cc(C)nn45)cccc2-3)C1. The number of nitrogens with zero attached hydrogens (tertiary/aromatic N) is 9. The number of para-hydroxylation sites is 1. The van der Waals surface area contributed by atoms with Gasteiger partial charge in [-0.25, -0.2) is 4.98 Å². The fraction of sp³-hybridized carbons (Fsp3) is 0.405. The molecule has 3 aliphatic rings. The summed E-state index contributed by atoms with van der Waals surface area (Å²) in [5.74, 6) is 0.925. The third-order valence-electron chi connectivity index (χ3n) is 10.5. The number of aryl methyl sites for hydroxylation is 1. The Hall–Kier alpha value is -5.48. The molecule has 1 aliphatic carbocycles. The molecule has 6 heterocycles. The molecule has 1 saturated carbocycles. The van der Waals surface area contributed by atoms with Crippen LogP contribution in [0.3, 0.4) is 0 Å². The predicted molar refractivity (Wildman–Crippen MR) is 199 cm³/mol. The number of fused-ring (bicyclic) bond motifs is 4. The Morgan fingerprint density at radius 1 is 1.13 bits per heavy atom. The third kappa shape index (κ3) is 5.76. The minimum atomic E-state index is -1.91. The van der Waals surface area contributed by atoms with Crippen molar-refractivity contribution >= 4 is 48.3 Å². The average Bonchev–Trinajstić information content (AvgIpc) is 3.78. The van der Waals surface area contributed by atoms with Crippen molar-refractivity contribution in [2.24, 2.45) is 5.92 Å². The van der Waals surface area contributed by atoms with E-state index in [1.165, 1.54) is 16.7 Å². The summed E-state index contributed by atoms with van der Waals surface area (Å²) < 4.78 is 5.11. The number of nitrogens with one attached hydrogen (secondary N) is 2. The highest BCUT2D eigenvalue weighted by atomic mass is 16.6. The van der Waals surface area contributed by atoms with Crippen LogP contribution in [0.25, 0.3) is 16.8 Å². The van der Waals surface area contributed by atoms with Gasteiger partial charge in [-0.1, -0.05) is 19.1 Å². The van der Waals surface area contributed by atoms with Gasteiger partial charge in [-0.2, -0.15) is 14.7 Å². The Bertz CT molecular complexity index is 2260. The second-order valence-corrected chi connectivity index (χ2v) is 14.4. The normalized spacial score (nSPS) is 18.2. The quantitative estimate of drug-likeness (QED) is 0.146. The first kappa shape index (κ1) is 34.6. The van der Waals surface area contributed by atoms with Crippen molar-refractivity contribution in [3.8, 4) is 11.1 Å². The van der Waals surface area contributed by atoms with Gasteiger partial charge in [-0.15, -0.1) is 0 Å². The van der Waals surface area contributed by atoms with E-state index in [9.17, 15) is 14.7 Å². The van der Waals surface area contributed by atoms with Crippen LogP contribution < -0.4 is 25.1 Å². The van der Waals surface area contributed by atoms with E-state index in [0.29, 0.717) is 30.4 Å². The van der Waals surface area contributed by atoms with Crippen LogP contribution in [-0.2, 0) is 10.4 Å². The van der Waals surface area contributed by atoms with Crippen molar-refractivity contribution in [2.75, 3.05) is 56.9 Å². The first-order valence-corrected chi connectivity index (χ1v) is 17.9. The maximum absolute atomic E-state index is 12.9. The highest BCUT2D eigenvalue weighted by Gasteiger charge is 2.48. The molecule has 53 heavy (non-hydrogen) atoms. The molecule has 2 fully saturated rings. The lowest BCUT2D eigenvalue weighted by Gasteiger charge is -2.47. The second-order valence-electron chi connectivity index (χ2n) is 14.4. The fourth-order valence-corrected chi connectivity index (χ4v) is 7.61. The zero-order chi connectivity index (χ0) is 37.3. The lowest BCUT2D eigenvalue weighted by molar-refractivity contribution is -0.895. The third-order valence-corrected chi connectivity index (χ3v) is 10.5. The molecule has 16 heteroatoms. The molecular formula is C37H43BN11O4+. The van der Waals surface area contributed by atoms with E-state index >= 15 is 0 Å². The summed E-state index contributed by atoms with van der Waals surface area (Å²) in [6.45, 7) is 4.92. The number of pyridine rings is 1. The second kappa shape index (κ2) is 12.9. The van der Waals surface area contributed by atoms with Gasteiger partial charge in [0.1, 0.15) is 18.7 Å². The number of rotatable bonds is 10. The summed E-state index contributed by atoms with van der Waals surface area (Å²) in [5.41, 5.74) is 5.08. The summed E-state index contributed by atoms with van der Waals surface area (Å²) in [6.07, 6.45) is 4.55. The maximum atomic E-state index is 12.9. The van der Waals surface area contributed by atoms with Crippen molar-refractivity contribution in [2.45, 2.75) is 50.8 Å². The summed E-state index contributed by atoms with van der Waals surface area (Å²) in [6, 6.07) is 14.8. The van der Waals surface area contributed by atoms with Gasteiger partial charge in [0.25, 0.3) is 5.69 Å². The van der Waals surface area contributed by atoms with Crippen LogP contribution in [0.1, 0.15) is 65.8 Å². The smallest absolute Gasteiger partial charge is 0.323 e. The monoisotopic (exact) mass is 716 g/mol. The number of benzene rings is 1. The molecule has 1 saturated heterocycles. The summed E-state index contributed by atoms with van der Waals surface area (Å²) in [5, 5.41) is 27.9. The molecule has 3 N–H and O–H groups in total. The number of likely N-dealkylation sites (tertiary alicyclic amines) is 1. The van der Waals surface area contributed by atoms with Gasteiger partial charge in [0.05, 0.1) is 41.0 Å².